The van der Waals surface area contributed by atoms with Crippen LogP contribution in [0.4, 0.5) is 0 Å². The molecule has 0 aromatic rings. The molecule has 0 saturated heterocycles. The minimum Gasteiger partial charge on any atom is -0.0683 e. The molecule has 1 rings (SSSR count). The summed E-state index contributed by atoms with van der Waals surface area (Å²) >= 11 is 0. The van der Waals surface area contributed by atoms with Crippen LogP contribution in [0.2, 0.25) is 0 Å². The molecule has 0 N–H and O–H groups in total. The normalized spacial score (nSPS) is 14.3. The van der Waals surface area contributed by atoms with Crippen LogP contribution in [0.1, 0.15) is 210 Å². The molecule has 1 fully saturated rings. The Morgan fingerprint density at radius 3 is 0.949 bits per heavy atom. The maximum absolute atomic E-state index is 2.36. The number of unbranched alkanes of at least 4 members (excludes halogenated alkanes) is 2. The summed E-state index contributed by atoms with van der Waals surface area (Å²) in [6, 6.07) is 0. The molecule has 0 radical (unpaired) electrons. The van der Waals surface area contributed by atoms with Crippen LogP contribution in [0, 0.1) is 46.3 Å². The molecule has 0 bridgehead atoms. The summed E-state index contributed by atoms with van der Waals surface area (Å²) in [5, 5.41) is 0. The van der Waals surface area contributed by atoms with Crippen LogP contribution in [0.5, 0.6) is 0 Å². The van der Waals surface area contributed by atoms with E-state index in [0.29, 0.717) is 5.41 Å². The maximum Gasteiger partial charge on any atom is -0.0354 e. The highest BCUT2D eigenvalue weighted by Gasteiger charge is 2.30. The van der Waals surface area contributed by atoms with Crippen molar-refractivity contribution in [3.05, 3.63) is 0 Å². The zero-order valence-electron chi connectivity index (χ0n) is 32.8. The first-order valence-electron chi connectivity index (χ1n) is 17.8. The molecule has 0 aliphatic heterocycles. The lowest BCUT2D eigenvalue weighted by molar-refractivity contribution is 0.283. The number of hydrogen-bond acceptors (Lipinski definition) is 0. The van der Waals surface area contributed by atoms with Gasteiger partial charge in [-0.1, -0.05) is 184 Å². The van der Waals surface area contributed by atoms with Crippen molar-refractivity contribution in [2.75, 3.05) is 0 Å². The van der Waals surface area contributed by atoms with Gasteiger partial charge in [0.1, 0.15) is 0 Å². The van der Waals surface area contributed by atoms with Crippen molar-refractivity contribution in [1.82, 2.24) is 0 Å². The Morgan fingerprint density at radius 2 is 0.872 bits per heavy atom. The lowest BCUT2D eigenvalue weighted by atomic mass is 9.84. The third-order valence-electron chi connectivity index (χ3n) is 6.93. The molecule has 0 nitrogen and oxygen atoms in total. The SMILES string of the molecule is CC.CC.CC(C)C(C)CC(C)C(C)C.CC(C)CC(C)(C)C.CC1(C)CC1.CCCC.CCCCC(C)C. The molecule has 1 aliphatic rings. The minimum absolute atomic E-state index is 0.522. The predicted octanol–water partition coefficient (Wildman–Crippen LogP) is 15.5. The summed E-state index contributed by atoms with van der Waals surface area (Å²) in [5.41, 5.74) is 1.27. The Labute approximate surface area is 256 Å². The molecular formula is C39H90. The van der Waals surface area contributed by atoms with E-state index in [1.165, 1.54) is 57.8 Å². The Morgan fingerprint density at radius 1 is 0.564 bits per heavy atom. The fourth-order valence-corrected chi connectivity index (χ4v) is 3.22. The second-order valence-corrected chi connectivity index (χ2v) is 15.0. The van der Waals surface area contributed by atoms with Crippen molar-refractivity contribution in [1.29, 1.82) is 0 Å². The van der Waals surface area contributed by atoms with Crippen LogP contribution >= 0.6 is 0 Å². The van der Waals surface area contributed by atoms with Gasteiger partial charge in [-0.2, -0.15) is 0 Å². The monoisotopic (exact) mass is 559 g/mol. The average molecular weight is 559 g/mol. The van der Waals surface area contributed by atoms with Gasteiger partial charge in [0.2, 0.25) is 0 Å². The van der Waals surface area contributed by atoms with Crippen LogP contribution < -0.4 is 0 Å². The van der Waals surface area contributed by atoms with E-state index in [2.05, 4.69) is 125 Å². The minimum atomic E-state index is 0.522. The largest absolute Gasteiger partial charge is 0.0683 e. The van der Waals surface area contributed by atoms with Crippen molar-refractivity contribution >= 4 is 0 Å². The van der Waals surface area contributed by atoms with Crippen LogP contribution in [0.25, 0.3) is 0 Å². The highest BCUT2D eigenvalue weighted by molar-refractivity contribution is 4.82. The highest BCUT2D eigenvalue weighted by Crippen LogP contribution is 2.43. The van der Waals surface area contributed by atoms with Gasteiger partial charge in [0.05, 0.1) is 0 Å². The van der Waals surface area contributed by atoms with Gasteiger partial charge in [0.25, 0.3) is 0 Å². The van der Waals surface area contributed by atoms with E-state index in [1.807, 2.05) is 27.7 Å². The van der Waals surface area contributed by atoms with Crippen molar-refractivity contribution < 1.29 is 0 Å². The molecule has 1 saturated carbocycles. The quantitative estimate of drug-likeness (QED) is 0.264. The smallest absolute Gasteiger partial charge is 0.0354 e. The fourth-order valence-electron chi connectivity index (χ4n) is 3.22. The zero-order chi connectivity index (χ0) is 32.8. The van der Waals surface area contributed by atoms with Crippen LogP contribution in [-0.2, 0) is 0 Å². The van der Waals surface area contributed by atoms with E-state index in [4.69, 9.17) is 0 Å². The molecule has 0 amide bonds. The molecule has 0 heteroatoms. The molecular weight excluding hydrogens is 468 g/mol. The topological polar surface area (TPSA) is 0 Å². The first-order valence-corrected chi connectivity index (χ1v) is 17.8. The van der Waals surface area contributed by atoms with E-state index in [0.717, 1.165) is 40.9 Å². The molecule has 246 valence electrons. The van der Waals surface area contributed by atoms with Crippen LogP contribution in [0.3, 0.4) is 0 Å². The fraction of sp³-hybridized carbons (Fsp3) is 1.00. The lowest BCUT2D eigenvalue weighted by Gasteiger charge is -2.22. The van der Waals surface area contributed by atoms with E-state index < -0.39 is 0 Å². The average Bonchev–Trinajstić information content (AvgIpc) is 3.53. The highest BCUT2D eigenvalue weighted by atomic mass is 14.4. The number of rotatable bonds is 9. The van der Waals surface area contributed by atoms with Gasteiger partial charge >= 0.3 is 0 Å². The second kappa shape index (κ2) is 34.2. The van der Waals surface area contributed by atoms with E-state index in [9.17, 15) is 0 Å². The molecule has 0 aromatic carbocycles. The van der Waals surface area contributed by atoms with Crippen molar-refractivity contribution in [3.63, 3.8) is 0 Å². The molecule has 39 heavy (non-hydrogen) atoms. The van der Waals surface area contributed by atoms with E-state index in [-0.39, 0.29) is 0 Å². The Bertz CT molecular complexity index is 371. The molecule has 0 heterocycles. The zero-order valence-corrected chi connectivity index (χ0v) is 32.8. The van der Waals surface area contributed by atoms with Crippen LogP contribution in [0.15, 0.2) is 0 Å². The summed E-state index contributed by atoms with van der Waals surface area (Å²) in [6.45, 7) is 49.1. The van der Waals surface area contributed by atoms with Crippen LogP contribution in [-0.4, -0.2) is 0 Å². The molecule has 1 aliphatic carbocycles. The molecule has 2 atom stereocenters. The summed E-state index contributed by atoms with van der Waals surface area (Å²) in [5.74, 6) is 5.20. The van der Waals surface area contributed by atoms with Crippen molar-refractivity contribution in [2.45, 2.75) is 210 Å². The predicted molar refractivity (Wildman–Crippen MR) is 192 cm³/mol. The molecule has 0 aromatic heterocycles. The lowest BCUT2D eigenvalue weighted by Crippen LogP contribution is -2.12. The van der Waals surface area contributed by atoms with Crippen molar-refractivity contribution in [2.24, 2.45) is 46.3 Å². The Kier molecular flexibility index (Phi) is 45.4. The second-order valence-electron chi connectivity index (χ2n) is 15.0. The standard InChI is InChI=1S/C11H24.C8H18.C7H16.C5H10.C4H10.2C2H6/c1-8(2)10(5)7-11(6)9(3)4;1-7(2)6-8(3,4)5;1-4-5-6-7(2)3;1-5(2)3-4-5;1-3-4-2;2*1-2/h8-11H,7H2,1-6H3;7H,6H2,1-5H3;7H,4-6H2,1-3H3;3-4H2,1-2H3;3-4H2,1-2H3;2*1-2H3. The van der Waals surface area contributed by atoms with Gasteiger partial charge in [0, 0.05) is 0 Å². The Balaban J connectivity index is -0.0000000872. The van der Waals surface area contributed by atoms with Gasteiger partial charge in [-0.25, -0.2) is 0 Å². The van der Waals surface area contributed by atoms with E-state index >= 15 is 0 Å². The van der Waals surface area contributed by atoms with Crippen molar-refractivity contribution in [3.8, 4) is 0 Å². The third kappa shape index (κ3) is 67.6. The molecule has 2 unspecified atom stereocenters. The third-order valence-corrected chi connectivity index (χ3v) is 6.93. The van der Waals surface area contributed by atoms with E-state index in [1.54, 1.807) is 0 Å². The summed E-state index contributed by atoms with van der Waals surface area (Å²) < 4.78 is 0. The molecule has 0 spiro atoms. The van der Waals surface area contributed by atoms with Gasteiger partial charge in [0.15, 0.2) is 0 Å². The van der Waals surface area contributed by atoms with Gasteiger partial charge in [-0.3, -0.25) is 0 Å². The first-order chi connectivity index (χ1) is 17.8. The van der Waals surface area contributed by atoms with Gasteiger partial charge in [-0.15, -0.1) is 0 Å². The van der Waals surface area contributed by atoms with Gasteiger partial charge < -0.3 is 0 Å². The summed E-state index contributed by atoms with van der Waals surface area (Å²) in [4.78, 5) is 0. The Hall–Kier alpha value is 0. The summed E-state index contributed by atoms with van der Waals surface area (Å²) in [6.07, 6.45) is 12.4. The number of hydrogen-bond donors (Lipinski definition) is 0. The first kappa shape index (κ1) is 51.7. The van der Waals surface area contributed by atoms with Gasteiger partial charge in [-0.05, 0) is 72.0 Å². The summed E-state index contributed by atoms with van der Waals surface area (Å²) in [7, 11) is 0. The maximum atomic E-state index is 2.36.